The quantitative estimate of drug-likeness (QED) is 0.263. The molecular weight excluding hydrogens is 499 g/mol. The van der Waals surface area contributed by atoms with E-state index in [4.69, 9.17) is 16.3 Å². The smallest absolute Gasteiger partial charge is 0.218 e. The van der Waals surface area contributed by atoms with Gasteiger partial charge >= 0.3 is 0 Å². The third-order valence-electron chi connectivity index (χ3n) is 3.43. The van der Waals surface area contributed by atoms with E-state index in [-0.39, 0.29) is 24.0 Å². The Labute approximate surface area is 186 Å². The van der Waals surface area contributed by atoms with Gasteiger partial charge in [0, 0.05) is 29.7 Å². The van der Waals surface area contributed by atoms with Crippen molar-refractivity contribution < 1.29 is 9.84 Å². The maximum absolute atomic E-state index is 10.3. The molecule has 2 rings (SSSR count). The van der Waals surface area contributed by atoms with Crippen molar-refractivity contribution in [1.29, 1.82) is 0 Å². The molecule has 0 aliphatic heterocycles. The topological polar surface area (TPSA) is 78.8 Å². The molecule has 2 aromatic heterocycles. The Bertz CT molecular complexity index is 714. The maximum atomic E-state index is 10.3. The lowest BCUT2D eigenvalue weighted by atomic mass is 10.3. The van der Waals surface area contributed by atoms with E-state index in [1.54, 1.807) is 12.3 Å². The molecule has 150 valence electrons. The molecule has 0 aliphatic carbocycles. The number of aromatic nitrogens is 1. The molecule has 0 aliphatic rings. The number of aliphatic hydroxyl groups excluding tert-OH is 1. The molecule has 0 radical (unpaired) electrons. The summed E-state index contributed by atoms with van der Waals surface area (Å²) in [7, 11) is 0. The highest BCUT2D eigenvalue weighted by Gasteiger charge is 2.11. The summed E-state index contributed by atoms with van der Waals surface area (Å²) in [5, 5.41) is 16.6. The van der Waals surface area contributed by atoms with Crippen LogP contribution in [-0.4, -0.2) is 35.7 Å². The zero-order valence-corrected chi connectivity index (χ0v) is 19.3. The predicted molar refractivity (Wildman–Crippen MR) is 123 cm³/mol. The average Bonchev–Trinajstić information content (AvgIpc) is 3.09. The monoisotopic (exact) mass is 524 g/mol. The number of hydrogen-bond acceptors (Lipinski definition) is 5. The molecule has 0 amide bonds. The molecule has 0 bridgehead atoms. The third-order valence-corrected chi connectivity index (χ3v) is 4.76. The van der Waals surface area contributed by atoms with Crippen LogP contribution >= 0.6 is 46.9 Å². The van der Waals surface area contributed by atoms with E-state index in [1.807, 2.05) is 25.1 Å². The molecule has 27 heavy (non-hydrogen) atoms. The Morgan fingerprint density at radius 1 is 1.33 bits per heavy atom. The Morgan fingerprint density at radius 3 is 2.81 bits per heavy atom. The average molecular weight is 525 g/mol. The number of rotatable bonds is 9. The van der Waals surface area contributed by atoms with E-state index in [0.29, 0.717) is 35.9 Å². The summed E-state index contributed by atoms with van der Waals surface area (Å²) in [5.41, 5.74) is 0.920. The number of guanidine groups is 1. The van der Waals surface area contributed by atoms with Crippen molar-refractivity contribution in [3.63, 3.8) is 0 Å². The first-order valence-electron chi connectivity index (χ1n) is 8.66. The lowest BCUT2D eigenvalue weighted by molar-refractivity contribution is 0.184. The Morgan fingerprint density at radius 2 is 2.15 bits per heavy atom. The van der Waals surface area contributed by atoms with Crippen LogP contribution in [-0.2, 0) is 6.54 Å². The number of nitrogens with zero attached hydrogens (tertiary/aromatic N) is 2. The van der Waals surface area contributed by atoms with Gasteiger partial charge in [-0.15, -0.1) is 35.3 Å². The van der Waals surface area contributed by atoms with Crippen LogP contribution in [0, 0.1) is 0 Å². The molecule has 0 aromatic carbocycles. The van der Waals surface area contributed by atoms with E-state index in [1.165, 1.54) is 11.3 Å². The summed E-state index contributed by atoms with van der Waals surface area (Å²) >= 11 is 7.29. The van der Waals surface area contributed by atoms with Gasteiger partial charge in [-0.1, -0.05) is 24.6 Å². The summed E-state index contributed by atoms with van der Waals surface area (Å²) in [6.45, 7) is 6.17. The fourth-order valence-corrected chi connectivity index (χ4v) is 3.23. The zero-order valence-electron chi connectivity index (χ0n) is 15.4. The molecule has 2 heterocycles. The van der Waals surface area contributed by atoms with Gasteiger partial charge in [0.25, 0.3) is 0 Å². The molecule has 3 N–H and O–H groups in total. The van der Waals surface area contributed by atoms with Gasteiger partial charge in [0.1, 0.15) is 6.10 Å². The lowest BCUT2D eigenvalue weighted by Crippen LogP contribution is -2.39. The van der Waals surface area contributed by atoms with Gasteiger partial charge in [0.05, 0.1) is 17.5 Å². The van der Waals surface area contributed by atoms with Gasteiger partial charge in [-0.3, -0.25) is 0 Å². The molecule has 6 nitrogen and oxygen atoms in total. The van der Waals surface area contributed by atoms with E-state index in [9.17, 15) is 5.11 Å². The lowest BCUT2D eigenvalue weighted by Gasteiger charge is -2.15. The van der Waals surface area contributed by atoms with E-state index in [2.05, 4.69) is 27.5 Å². The number of ether oxygens (including phenoxy) is 1. The molecular formula is C18H26ClIN4O2S. The second-order valence-corrected chi connectivity index (χ2v) is 7.30. The fourth-order valence-electron chi connectivity index (χ4n) is 2.18. The number of pyridine rings is 1. The highest BCUT2D eigenvalue weighted by atomic mass is 127. The molecule has 2 aromatic rings. The van der Waals surface area contributed by atoms with Gasteiger partial charge in [-0.05, 0) is 31.5 Å². The van der Waals surface area contributed by atoms with Gasteiger partial charge in [-0.25, -0.2) is 9.98 Å². The maximum Gasteiger partial charge on any atom is 0.218 e. The second-order valence-electron chi connectivity index (χ2n) is 5.55. The van der Waals surface area contributed by atoms with E-state index < -0.39 is 6.10 Å². The van der Waals surface area contributed by atoms with Crippen LogP contribution in [0.5, 0.6) is 5.88 Å². The van der Waals surface area contributed by atoms with Crippen LogP contribution in [0.3, 0.4) is 0 Å². The van der Waals surface area contributed by atoms with Crippen molar-refractivity contribution >= 4 is 52.9 Å². The first-order valence-corrected chi connectivity index (χ1v) is 9.85. The number of nitrogens with one attached hydrogen (secondary N) is 2. The van der Waals surface area contributed by atoms with Crippen molar-refractivity contribution in [2.75, 3.05) is 19.7 Å². The Kier molecular flexibility index (Phi) is 11.7. The minimum atomic E-state index is -0.641. The fraction of sp³-hybridized carbons (Fsp3) is 0.444. The Balaban J connectivity index is 0.00000364. The van der Waals surface area contributed by atoms with Gasteiger partial charge in [0.15, 0.2) is 5.96 Å². The number of aliphatic hydroxyl groups is 1. The van der Waals surface area contributed by atoms with E-state index in [0.717, 1.165) is 23.4 Å². The van der Waals surface area contributed by atoms with Crippen molar-refractivity contribution in [2.24, 2.45) is 4.99 Å². The van der Waals surface area contributed by atoms with Crippen molar-refractivity contribution in [1.82, 2.24) is 15.6 Å². The Hall–Kier alpha value is -1.10. The summed E-state index contributed by atoms with van der Waals surface area (Å²) < 4.78 is 6.33. The van der Waals surface area contributed by atoms with Gasteiger partial charge in [-0.2, -0.15) is 0 Å². The standard InChI is InChI=1S/C18H25ClN4O2S.HI/c1-3-10-25-17-13(6-5-9-21-17)11-22-18(20-4-2)23-12-14(24)15-7-8-16(19)26-15;/h5-9,14,24H,3-4,10-12H2,1-2H3,(H2,20,22,23);1H. The first-order chi connectivity index (χ1) is 12.6. The van der Waals surface area contributed by atoms with Crippen LogP contribution < -0.4 is 15.4 Å². The molecule has 0 spiro atoms. The summed E-state index contributed by atoms with van der Waals surface area (Å²) in [5.74, 6) is 1.24. The summed E-state index contributed by atoms with van der Waals surface area (Å²) in [6.07, 6.45) is 2.00. The molecule has 0 saturated heterocycles. The minimum absolute atomic E-state index is 0. The van der Waals surface area contributed by atoms with Gasteiger partial charge < -0.3 is 20.5 Å². The second kappa shape index (κ2) is 13.1. The molecule has 0 saturated carbocycles. The largest absolute Gasteiger partial charge is 0.477 e. The summed E-state index contributed by atoms with van der Waals surface area (Å²) in [6, 6.07) is 7.43. The van der Waals surface area contributed by atoms with Crippen molar-refractivity contribution in [2.45, 2.75) is 32.9 Å². The number of halogens is 2. The SMILES string of the molecule is CCCOc1ncccc1CN=C(NCC)NCC(O)c1ccc(Cl)s1.I. The highest BCUT2D eigenvalue weighted by molar-refractivity contribution is 14.0. The van der Waals surface area contributed by atoms with Crippen LogP contribution in [0.25, 0.3) is 0 Å². The molecule has 1 unspecified atom stereocenters. The summed E-state index contributed by atoms with van der Waals surface area (Å²) in [4.78, 5) is 9.66. The van der Waals surface area contributed by atoms with E-state index >= 15 is 0 Å². The third kappa shape index (κ3) is 8.20. The van der Waals surface area contributed by atoms with Gasteiger partial charge in [0.2, 0.25) is 5.88 Å². The van der Waals surface area contributed by atoms with Crippen molar-refractivity contribution in [3.8, 4) is 5.88 Å². The van der Waals surface area contributed by atoms with Crippen molar-refractivity contribution in [3.05, 3.63) is 45.2 Å². The number of thiophene rings is 1. The highest BCUT2D eigenvalue weighted by Crippen LogP contribution is 2.26. The normalized spacial score (nSPS) is 12.2. The van der Waals surface area contributed by atoms with Crippen LogP contribution in [0.1, 0.15) is 36.8 Å². The molecule has 9 heteroatoms. The molecule has 0 fully saturated rings. The number of aliphatic imine (C=N–C) groups is 1. The van der Waals surface area contributed by atoms with Crippen LogP contribution in [0.2, 0.25) is 4.34 Å². The predicted octanol–water partition coefficient (Wildman–Crippen LogP) is 3.99. The molecule has 1 atom stereocenters. The van der Waals surface area contributed by atoms with Crippen LogP contribution in [0.15, 0.2) is 35.5 Å². The first kappa shape index (κ1) is 23.9. The minimum Gasteiger partial charge on any atom is -0.477 e. The van der Waals surface area contributed by atoms with Crippen LogP contribution in [0.4, 0.5) is 0 Å². The zero-order chi connectivity index (χ0) is 18.8. The number of hydrogen-bond donors (Lipinski definition) is 3.